The van der Waals surface area contributed by atoms with Crippen LogP contribution in [0.4, 0.5) is 5.13 Å². The van der Waals surface area contributed by atoms with Crippen molar-refractivity contribution in [2.75, 3.05) is 38.7 Å². The summed E-state index contributed by atoms with van der Waals surface area (Å²) in [5.74, 6) is 0.394. The lowest BCUT2D eigenvalue weighted by Gasteiger charge is -2.45. The van der Waals surface area contributed by atoms with Gasteiger partial charge in [-0.25, -0.2) is 9.78 Å². The van der Waals surface area contributed by atoms with Crippen LogP contribution in [0.1, 0.15) is 34.6 Å². The van der Waals surface area contributed by atoms with E-state index in [4.69, 9.17) is 4.74 Å². The number of aromatic nitrogens is 1. The number of anilines is 1. The van der Waals surface area contributed by atoms with E-state index in [0.717, 1.165) is 35.1 Å². The Bertz CT molecular complexity index is 531. The maximum Gasteiger partial charge on any atom is 0.357 e. The molecule has 0 amide bonds. The van der Waals surface area contributed by atoms with Crippen LogP contribution in [0.5, 0.6) is 0 Å². The van der Waals surface area contributed by atoms with Gasteiger partial charge in [-0.3, -0.25) is 0 Å². The molecule has 0 aliphatic carbocycles. The van der Waals surface area contributed by atoms with Crippen LogP contribution in [0, 0.1) is 12.8 Å². The molecule has 1 aromatic heterocycles. The fraction of sp³-hybridized carbons (Fsp3) is 0.733. The van der Waals surface area contributed by atoms with Gasteiger partial charge in [0.25, 0.3) is 0 Å². The van der Waals surface area contributed by atoms with Gasteiger partial charge in [0.2, 0.25) is 0 Å². The van der Waals surface area contributed by atoms with Crippen LogP contribution in [0.25, 0.3) is 0 Å². The molecule has 2 atom stereocenters. The molecule has 21 heavy (non-hydrogen) atoms. The molecule has 0 radical (unpaired) electrons. The number of rotatable bonds is 2. The van der Waals surface area contributed by atoms with Crippen molar-refractivity contribution in [1.82, 2.24) is 9.88 Å². The summed E-state index contributed by atoms with van der Waals surface area (Å²) in [6, 6.07) is 0.719. The highest BCUT2D eigenvalue weighted by Gasteiger charge is 2.35. The Labute approximate surface area is 129 Å². The van der Waals surface area contributed by atoms with Crippen molar-refractivity contribution in [1.29, 1.82) is 0 Å². The van der Waals surface area contributed by atoms with E-state index < -0.39 is 0 Å². The number of fused-ring (bicyclic) bond motifs is 1. The van der Waals surface area contributed by atoms with Gasteiger partial charge in [-0.15, -0.1) is 11.3 Å². The number of ether oxygens (including phenoxy) is 1. The highest BCUT2D eigenvalue weighted by Crippen LogP contribution is 2.34. The molecule has 0 N–H and O–H groups in total. The Morgan fingerprint density at radius 1 is 1.38 bits per heavy atom. The lowest BCUT2D eigenvalue weighted by molar-refractivity contribution is 0.0594. The number of carbonyl (C=O) groups excluding carboxylic acids is 1. The van der Waals surface area contributed by atoms with Crippen molar-refractivity contribution >= 4 is 22.4 Å². The van der Waals surface area contributed by atoms with E-state index in [2.05, 4.69) is 21.8 Å². The van der Waals surface area contributed by atoms with Crippen molar-refractivity contribution in [2.24, 2.45) is 5.92 Å². The topological polar surface area (TPSA) is 45.7 Å². The van der Waals surface area contributed by atoms with Gasteiger partial charge in [0.15, 0.2) is 10.8 Å². The van der Waals surface area contributed by atoms with Crippen LogP contribution in [-0.4, -0.2) is 55.7 Å². The monoisotopic (exact) mass is 309 g/mol. The second kappa shape index (κ2) is 5.93. The van der Waals surface area contributed by atoms with Gasteiger partial charge in [0.05, 0.1) is 7.11 Å². The van der Waals surface area contributed by atoms with Gasteiger partial charge in [0, 0.05) is 24.0 Å². The fourth-order valence-electron chi connectivity index (χ4n) is 3.63. The van der Waals surface area contributed by atoms with Gasteiger partial charge >= 0.3 is 5.97 Å². The Kier molecular flexibility index (Phi) is 4.17. The molecule has 2 aliphatic heterocycles. The van der Waals surface area contributed by atoms with Gasteiger partial charge in [-0.05, 0) is 45.7 Å². The zero-order chi connectivity index (χ0) is 15.0. The Hall–Kier alpha value is -1.14. The molecule has 116 valence electrons. The Morgan fingerprint density at radius 2 is 2.19 bits per heavy atom. The first-order chi connectivity index (χ1) is 10.1. The number of likely N-dealkylation sites (tertiary alicyclic amines) is 1. The smallest absolute Gasteiger partial charge is 0.357 e. The summed E-state index contributed by atoms with van der Waals surface area (Å²) in [5.41, 5.74) is 0.473. The molecule has 1 aromatic rings. The first-order valence-corrected chi connectivity index (χ1v) is 8.42. The molecule has 2 aliphatic rings. The van der Waals surface area contributed by atoms with Crippen LogP contribution < -0.4 is 4.90 Å². The minimum atomic E-state index is -0.331. The summed E-state index contributed by atoms with van der Waals surface area (Å²) in [6.45, 7) is 5.25. The molecular weight excluding hydrogens is 286 g/mol. The molecule has 0 aromatic carbocycles. The number of nitrogens with zero attached hydrogens (tertiary/aromatic N) is 3. The van der Waals surface area contributed by atoms with Crippen LogP contribution in [-0.2, 0) is 4.74 Å². The van der Waals surface area contributed by atoms with Gasteiger partial charge in [0.1, 0.15) is 0 Å². The van der Waals surface area contributed by atoms with Crippen LogP contribution in [0.15, 0.2) is 0 Å². The van der Waals surface area contributed by atoms with Crippen LogP contribution >= 0.6 is 11.3 Å². The highest BCUT2D eigenvalue weighted by atomic mass is 32.1. The molecule has 2 fully saturated rings. The lowest BCUT2D eigenvalue weighted by Crippen LogP contribution is -2.52. The molecule has 0 bridgehead atoms. The van der Waals surface area contributed by atoms with E-state index in [1.54, 1.807) is 11.3 Å². The number of thiazole rings is 1. The lowest BCUT2D eigenvalue weighted by atomic mass is 9.84. The predicted molar refractivity (Wildman–Crippen MR) is 84.2 cm³/mol. The number of aryl methyl sites for hydroxylation is 1. The highest BCUT2D eigenvalue weighted by molar-refractivity contribution is 7.15. The molecule has 5 nitrogen and oxygen atoms in total. The van der Waals surface area contributed by atoms with E-state index >= 15 is 0 Å². The summed E-state index contributed by atoms with van der Waals surface area (Å²) >= 11 is 1.61. The largest absolute Gasteiger partial charge is 0.464 e. The predicted octanol–water partition coefficient (Wildman–Crippen LogP) is 2.16. The number of hydrogen-bond acceptors (Lipinski definition) is 6. The van der Waals surface area contributed by atoms with E-state index in [-0.39, 0.29) is 5.97 Å². The van der Waals surface area contributed by atoms with Gasteiger partial charge < -0.3 is 14.5 Å². The summed E-state index contributed by atoms with van der Waals surface area (Å²) < 4.78 is 4.80. The number of hydrogen-bond donors (Lipinski definition) is 0. The summed E-state index contributed by atoms with van der Waals surface area (Å²) in [6.07, 6.45) is 3.78. The molecule has 3 rings (SSSR count). The second-order valence-electron chi connectivity index (χ2n) is 6.08. The number of carbonyl (C=O) groups is 1. The first-order valence-electron chi connectivity index (χ1n) is 7.61. The Balaban J connectivity index is 1.75. The SMILES string of the molecule is COC(=O)c1nc(N2CCC3C(CCCN3C)C2)sc1C. The van der Waals surface area contributed by atoms with Crippen molar-refractivity contribution in [3.8, 4) is 0 Å². The first kappa shape index (κ1) is 14.8. The molecule has 0 spiro atoms. The van der Waals surface area contributed by atoms with Gasteiger partial charge in [-0.1, -0.05) is 0 Å². The maximum absolute atomic E-state index is 11.7. The number of methoxy groups -OCH3 is 1. The summed E-state index contributed by atoms with van der Waals surface area (Å²) in [4.78, 5) is 22.0. The third kappa shape index (κ3) is 2.79. The van der Waals surface area contributed by atoms with Crippen LogP contribution in [0.2, 0.25) is 0 Å². The summed E-state index contributed by atoms with van der Waals surface area (Å²) in [7, 11) is 3.65. The average molecular weight is 309 g/mol. The molecule has 0 saturated carbocycles. The molecule has 3 heterocycles. The number of piperidine rings is 2. The standard InChI is InChI=1S/C15H23N3O2S/c1-10-13(14(19)20-3)16-15(21-10)18-8-6-12-11(9-18)5-4-7-17(12)2/h11-12H,4-9H2,1-3H3. The average Bonchev–Trinajstić information content (AvgIpc) is 2.88. The maximum atomic E-state index is 11.7. The minimum Gasteiger partial charge on any atom is -0.464 e. The molecule has 2 unspecified atom stereocenters. The van der Waals surface area contributed by atoms with Crippen molar-refractivity contribution in [3.63, 3.8) is 0 Å². The Morgan fingerprint density at radius 3 is 2.95 bits per heavy atom. The molecule has 2 saturated heterocycles. The van der Waals surface area contributed by atoms with Crippen molar-refractivity contribution in [2.45, 2.75) is 32.2 Å². The van der Waals surface area contributed by atoms with E-state index in [9.17, 15) is 4.79 Å². The quantitative estimate of drug-likeness (QED) is 0.783. The van der Waals surface area contributed by atoms with Gasteiger partial charge in [-0.2, -0.15) is 0 Å². The minimum absolute atomic E-state index is 0.331. The van der Waals surface area contributed by atoms with Crippen molar-refractivity contribution in [3.05, 3.63) is 10.6 Å². The van der Waals surface area contributed by atoms with Crippen LogP contribution in [0.3, 0.4) is 0 Å². The molecular formula is C15H23N3O2S. The fourth-order valence-corrected chi connectivity index (χ4v) is 4.56. The van der Waals surface area contributed by atoms with E-state index in [1.807, 2.05) is 6.92 Å². The summed E-state index contributed by atoms with van der Waals surface area (Å²) in [5, 5.41) is 0.972. The second-order valence-corrected chi connectivity index (χ2v) is 7.26. The zero-order valence-corrected chi connectivity index (χ0v) is 13.8. The van der Waals surface area contributed by atoms with Crippen molar-refractivity contribution < 1.29 is 9.53 Å². The third-order valence-corrected chi connectivity index (χ3v) is 5.81. The van der Waals surface area contributed by atoms with E-state index in [0.29, 0.717) is 5.69 Å². The number of esters is 1. The zero-order valence-electron chi connectivity index (χ0n) is 13.0. The third-order valence-electron chi connectivity index (χ3n) is 4.78. The normalized spacial score (nSPS) is 26.5. The van der Waals surface area contributed by atoms with E-state index in [1.165, 1.54) is 32.9 Å². The molecule has 6 heteroatoms.